The highest BCUT2D eigenvalue weighted by Gasteiger charge is 2.82. The van der Waals surface area contributed by atoms with Crippen molar-refractivity contribution >= 4 is 39.0 Å². The van der Waals surface area contributed by atoms with Crippen LogP contribution in [0.2, 0.25) is 0 Å². The molecule has 0 aromatic rings. The van der Waals surface area contributed by atoms with Gasteiger partial charge in [-0.1, -0.05) is 15.9 Å². The summed E-state index contributed by atoms with van der Waals surface area (Å²) < 4.78 is 0. The van der Waals surface area contributed by atoms with E-state index >= 15 is 0 Å². The Hall–Kier alpha value is -0.160. The molecule has 0 spiro atoms. The zero-order valence-corrected chi connectivity index (χ0v) is 11.6. The summed E-state index contributed by atoms with van der Waals surface area (Å²) in [6.45, 7) is 0. The Morgan fingerprint density at radius 1 is 1.24 bits per heavy atom. The Morgan fingerprint density at radius 2 is 2.00 bits per heavy atom. The number of rotatable bonds is 1. The number of halogens is 1. The monoisotopic (exact) mass is 311 g/mol. The quantitative estimate of drug-likeness (QED) is 0.436. The van der Waals surface area contributed by atoms with Crippen molar-refractivity contribution in [1.29, 1.82) is 0 Å². The zero-order valence-electron chi connectivity index (χ0n) is 9.21. The van der Waals surface area contributed by atoms with Gasteiger partial charge < -0.3 is 5.73 Å². The summed E-state index contributed by atoms with van der Waals surface area (Å²) in [5, 5.41) is 4.85. The van der Waals surface area contributed by atoms with Gasteiger partial charge in [-0.15, -0.1) is 0 Å². The standard InChI is InChI=1S/C12H14BrN3S/c13-10-6-2-1-3-4(6)9-8(10)5(2)7(3)11(9)15-16-12(14)17/h2-10H,1H2,(H3,14,16,17)/b15-11-/t2-,3+,4-,5-,6-,7-,8-,9+,10+/m0/s1. The maximum absolute atomic E-state index is 5.49. The van der Waals surface area contributed by atoms with E-state index in [-0.39, 0.29) is 0 Å². The van der Waals surface area contributed by atoms with Crippen molar-refractivity contribution < 1.29 is 0 Å². The van der Waals surface area contributed by atoms with Crippen LogP contribution < -0.4 is 11.2 Å². The van der Waals surface area contributed by atoms with Gasteiger partial charge in [0, 0.05) is 22.4 Å². The molecule has 0 unspecified atom stereocenters. The van der Waals surface area contributed by atoms with E-state index in [1.54, 1.807) is 0 Å². The van der Waals surface area contributed by atoms with Crippen molar-refractivity contribution in [3.63, 3.8) is 0 Å². The summed E-state index contributed by atoms with van der Waals surface area (Å²) in [6.07, 6.45) is 1.46. The van der Waals surface area contributed by atoms with Crippen molar-refractivity contribution in [2.24, 2.45) is 58.2 Å². The lowest BCUT2D eigenvalue weighted by molar-refractivity contribution is 0.132. The highest BCUT2D eigenvalue weighted by Crippen LogP contribution is 2.82. The fourth-order valence-electron chi connectivity index (χ4n) is 6.49. The van der Waals surface area contributed by atoms with Crippen molar-refractivity contribution in [2.75, 3.05) is 0 Å². The maximum Gasteiger partial charge on any atom is 0.184 e. The van der Waals surface area contributed by atoms with Gasteiger partial charge in [0.2, 0.25) is 0 Å². The van der Waals surface area contributed by atoms with Gasteiger partial charge >= 0.3 is 0 Å². The lowest BCUT2D eigenvalue weighted by Crippen LogP contribution is -2.30. The zero-order chi connectivity index (χ0) is 11.5. The normalized spacial score (nSPS) is 65.7. The molecule has 3 nitrogen and oxygen atoms in total. The molecule has 6 saturated carbocycles. The predicted octanol–water partition coefficient (Wildman–Crippen LogP) is 1.33. The van der Waals surface area contributed by atoms with E-state index in [0.29, 0.717) is 5.11 Å². The lowest BCUT2D eigenvalue weighted by atomic mass is 9.71. The van der Waals surface area contributed by atoms with Crippen LogP contribution in [0.5, 0.6) is 0 Å². The molecule has 3 N–H and O–H groups in total. The van der Waals surface area contributed by atoms with E-state index < -0.39 is 0 Å². The fourth-order valence-corrected chi connectivity index (χ4v) is 7.97. The molecule has 0 radical (unpaired) electrons. The predicted molar refractivity (Wildman–Crippen MR) is 72.6 cm³/mol. The molecule has 17 heavy (non-hydrogen) atoms. The van der Waals surface area contributed by atoms with Crippen LogP contribution in [0.25, 0.3) is 0 Å². The van der Waals surface area contributed by atoms with Gasteiger partial charge in [-0.05, 0) is 54.1 Å². The van der Waals surface area contributed by atoms with Gasteiger partial charge in [0.05, 0.1) is 0 Å². The molecule has 5 heteroatoms. The summed E-state index contributed by atoms with van der Waals surface area (Å²) in [5.74, 6) is 7.11. The number of nitrogens with zero attached hydrogens (tertiary/aromatic N) is 1. The Kier molecular flexibility index (Phi) is 1.55. The number of thiocarbonyl (C=S) groups is 1. The van der Waals surface area contributed by atoms with Crippen molar-refractivity contribution in [1.82, 2.24) is 5.43 Å². The van der Waals surface area contributed by atoms with Crippen LogP contribution in [0.1, 0.15) is 6.42 Å². The first-order chi connectivity index (χ1) is 8.20. The van der Waals surface area contributed by atoms with Crippen LogP contribution in [0.15, 0.2) is 5.10 Å². The van der Waals surface area contributed by atoms with Gasteiger partial charge in [0.25, 0.3) is 0 Å². The number of hydrogen-bond acceptors (Lipinski definition) is 2. The third-order valence-electron chi connectivity index (χ3n) is 6.34. The largest absolute Gasteiger partial charge is 0.375 e. The average molecular weight is 312 g/mol. The Bertz CT molecular complexity index is 476. The molecule has 6 rings (SSSR count). The van der Waals surface area contributed by atoms with Gasteiger partial charge in [-0.2, -0.15) is 5.10 Å². The van der Waals surface area contributed by atoms with Crippen LogP contribution in [0.4, 0.5) is 0 Å². The van der Waals surface area contributed by atoms with Crippen LogP contribution in [0.3, 0.4) is 0 Å². The van der Waals surface area contributed by atoms with E-state index in [2.05, 4.69) is 26.5 Å². The van der Waals surface area contributed by atoms with E-state index in [0.717, 1.165) is 52.2 Å². The van der Waals surface area contributed by atoms with Gasteiger partial charge in [-0.25, -0.2) is 0 Å². The van der Waals surface area contributed by atoms with Crippen molar-refractivity contribution in [3.8, 4) is 0 Å². The Balaban J connectivity index is 1.62. The van der Waals surface area contributed by atoms with E-state index in [1.165, 1.54) is 12.1 Å². The third-order valence-corrected chi connectivity index (χ3v) is 7.65. The molecule has 0 saturated heterocycles. The van der Waals surface area contributed by atoms with Crippen molar-refractivity contribution in [3.05, 3.63) is 0 Å². The molecule has 6 fully saturated rings. The van der Waals surface area contributed by atoms with Crippen molar-refractivity contribution in [2.45, 2.75) is 11.2 Å². The first-order valence-corrected chi connectivity index (χ1v) is 7.79. The fraction of sp³-hybridized carbons (Fsp3) is 0.833. The summed E-state index contributed by atoms with van der Waals surface area (Å²) >= 11 is 8.82. The molecule has 0 aromatic carbocycles. The Morgan fingerprint density at radius 3 is 2.71 bits per heavy atom. The first kappa shape index (κ1) is 9.73. The highest BCUT2D eigenvalue weighted by molar-refractivity contribution is 9.09. The minimum absolute atomic E-state index is 0.297. The Labute approximate surface area is 114 Å². The van der Waals surface area contributed by atoms with Gasteiger partial charge in [-0.3, -0.25) is 5.43 Å². The van der Waals surface area contributed by atoms with Crippen LogP contribution in [-0.4, -0.2) is 15.7 Å². The number of hydrazone groups is 1. The minimum Gasteiger partial charge on any atom is -0.375 e. The summed E-state index contributed by atoms with van der Waals surface area (Å²) in [7, 11) is 0. The molecule has 0 aromatic heterocycles. The van der Waals surface area contributed by atoms with E-state index in [9.17, 15) is 0 Å². The minimum atomic E-state index is 0.297. The molecule has 0 aliphatic heterocycles. The number of nitrogens with two attached hydrogens (primary N) is 1. The van der Waals surface area contributed by atoms with Crippen LogP contribution in [0, 0.1) is 47.3 Å². The molecule has 6 aliphatic rings. The average Bonchev–Trinajstić information content (AvgIpc) is 2.97. The second kappa shape index (κ2) is 2.72. The smallest absolute Gasteiger partial charge is 0.184 e. The summed E-state index contributed by atoms with van der Waals surface area (Å²) in [6, 6.07) is 0. The topological polar surface area (TPSA) is 50.4 Å². The molecular formula is C12H14BrN3S. The molecular weight excluding hydrogens is 298 g/mol. The van der Waals surface area contributed by atoms with Crippen LogP contribution >= 0.6 is 28.1 Å². The van der Waals surface area contributed by atoms with Crippen LogP contribution in [-0.2, 0) is 0 Å². The van der Waals surface area contributed by atoms with E-state index in [1.807, 2.05) is 0 Å². The third kappa shape index (κ3) is 0.820. The first-order valence-electron chi connectivity index (χ1n) is 6.47. The van der Waals surface area contributed by atoms with Gasteiger partial charge in [0.15, 0.2) is 5.11 Å². The molecule has 9 atom stereocenters. The van der Waals surface area contributed by atoms with Gasteiger partial charge in [0.1, 0.15) is 0 Å². The maximum atomic E-state index is 5.49. The highest BCUT2D eigenvalue weighted by atomic mass is 79.9. The molecule has 6 bridgehead atoms. The molecule has 90 valence electrons. The second-order valence-electron chi connectivity index (χ2n) is 6.38. The summed E-state index contributed by atoms with van der Waals surface area (Å²) in [5.41, 5.74) is 9.73. The number of alkyl halides is 1. The number of hydrogen-bond donors (Lipinski definition) is 2. The van der Waals surface area contributed by atoms with E-state index in [4.69, 9.17) is 18.0 Å². The molecule has 0 amide bonds. The number of nitrogens with one attached hydrogen (secondary N) is 1. The lowest BCUT2D eigenvalue weighted by Gasteiger charge is -2.32. The molecule has 6 aliphatic carbocycles. The SMILES string of the molecule is NC(=S)N/N=C1\[C@H]2[C@H]3[C@H](Br)[C@H]4[C@H]5C[C@@H]([C@H]1[C@H]53)[C@H]24. The summed E-state index contributed by atoms with van der Waals surface area (Å²) in [4.78, 5) is 0.764. The second-order valence-corrected chi connectivity index (χ2v) is 7.88. The molecule has 0 heterocycles.